The molecular formula is C18H28N2O2S. The van der Waals surface area contributed by atoms with Crippen LogP contribution in [0, 0.1) is 5.92 Å². The average Bonchev–Trinajstić information content (AvgIpc) is 2.55. The zero-order valence-corrected chi connectivity index (χ0v) is 14.8. The molecule has 2 atom stereocenters. The predicted molar refractivity (Wildman–Crippen MR) is 93.6 cm³/mol. The van der Waals surface area contributed by atoms with Crippen LogP contribution in [-0.4, -0.2) is 49.8 Å². The van der Waals surface area contributed by atoms with E-state index >= 15 is 0 Å². The highest BCUT2D eigenvalue weighted by Crippen LogP contribution is 2.28. The number of hydrogen-bond donors (Lipinski definition) is 0. The maximum absolute atomic E-state index is 12.6. The summed E-state index contributed by atoms with van der Waals surface area (Å²) in [4.78, 5) is 2.52. The first kappa shape index (κ1) is 16.9. The molecule has 23 heavy (non-hydrogen) atoms. The zero-order valence-electron chi connectivity index (χ0n) is 14.0. The van der Waals surface area contributed by atoms with Gasteiger partial charge in [0.25, 0.3) is 0 Å². The summed E-state index contributed by atoms with van der Waals surface area (Å²) in [6.07, 6.45) is 5.22. The van der Waals surface area contributed by atoms with Gasteiger partial charge in [0.15, 0.2) is 0 Å². The standard InChI is InChI=1S/C18H28N2O2S/c1-16-6-5-9-18(14-16)19-10-12-20(13-11-19)23(21,22)15-17-7-3-2-4-8-17/h2-4,7-8,16,18H,5-6,9-15H2,1H3. The van der Waals surface area contributed by atoms with Crippen LogP contribution in [0.15, 0.2) is 30.3 Å². The molecule has 0 aromatic heterocycles. The molecular weight excluding hydrogens is 308 g/mol. The van der Waals surface area contributed by atoms with Crippen molar-refractivity contribution in [2.45, 2.75) is 44.4 Å². The third-order valence-corrected chi connectivity index (χ3v) is 7.13. The molecule has 1 aromatic carbocycles. The van der Waals surface area contributed by atoms with Gasteiger partial charge in [-0.1, -0.05) is 50.1 Å². The minimum atomic E-state index is -3.19. The molecule has 2 fully saturated rings. The topological polar surface area (TPSA) is 40.6 Å². The molecule has 1 aliphatic heterocycles. The second-order valence-corrected chi connectivity index (χ2v) is 9.07. The molecule has 4 nitrogen and oxygen atoms in total. The molecule has 1 aliphatic carbocycles. The lowest BCUT2D eigenvalue weighted by molar-refractivity contribution is 0.0966. The van der Waals surface area contributed by atoms with Crippen molar-refractivity contribution in [3.8, 4) is 0 Å². The molecule has 0 bridgehead atoms. The summed E-state index contributed by atoms with van der Waals surface area (Å²) >= 11 is 0. The van der Waals surface area contributed by atoms with Gasteiger partial charge in [0, 0.05) is 32.2 Å². The molecule has 1 heterocycles. The molecule has 1 saturated carbocycles. The van der Waals surface area contributed by atoms with Crippen LogP contribution in [0.25, 0.3) is 0 Å². The van der Waals surface area contributed by atoms with Crippen molar-refractivity contribution in [1.82, 2.24) is 9.21 Å². The van der Waals surface area contributed by atoms with Gasteiger partial charge >= 0.3 is 0 Å². The third-order valence-electron chi connectivity index (χ3n) is 5.28. The summed E-state index contributed by atoms with van der Waals surface area (Å²) in [5, 5.41) is 0. The Balaban J connectivity index is 1.55. The molecule has 1 aromatic rings. The van der Waals surface area contributed by atoms with Crippen LogP contribution in [0.3, 0.4) is 0 Å². The van der Waals surface area contributed by atoms with Crippen molar-refractivity contribution in [2.24, 2.45) is 5.92 Å². The molecule has 3 rings (SSSR count). The molecule has 5 heteroatoms. The van der Waals surface area contributed by atoms with Gasteiger partial charge in [-0.25, -0.2) is 8.42 Å². The highest BCUT2D eigenvalue weighted by Gasteiger charge is 2.31. The van der Waals surface area contributed by atoms with Gasteiger partial charge in [-0.05, 0) is 24.3 Å². The zero-order chi connectivity index (χ0) is 16.3. The van der Waals surface area contributed by atoms with Crippen LogP contribution in [-0.2, 0) is 15.8 Å². The van der Waals surface area contributed by atoms with Gasteiger partial charge in [0.1, 0.15) is 0 Å². The first-order valence-corrected chi connectivity index (χ1v) is 10.4. The fourth-order valence-corrected chi connectivity index (χ4v) is 5.47. The first-order chi connectivity index (χ1) is 11.0. The van der Waals surface area contributed by atoms with E-state index in [0.717, 1.165) is 24.6 Å². The summed E-state index contributed by atoms with van der Waals surface area (Å²) < 4.78 is 26.9. The van der Waals surface area contributed by atoms with E-state index in [9.17, 15) is 8.42 Å². The molecule has 128 valence electrons. The summed E-state index contributed by atoms with van der Waals surface area (Å²) in [6.45, 7) is 5.38. The van der Waals surface area contributed by atoms with Crippen molar-refractivity contribution in [3.05, 3.63) is 35.9 Å². The van der Waals surface area contributed by atoms with Gasteiger partial charge in [0.2, 0.25) is 10.0 Å². The maximum Gasteiger partial charge on any atom is 0.218 e. The summed E-state index contributed by atoms with van der Waals surface area (Å²) in [5.74, 6) is 0.933. The Kier molecular flexibility index (Phi) is 5.39. The normalized spacial score (nSPS) is 27.9. The second kappa shape index (κ2) is 7.32. The van der Waals surface area contributed by atoms with Gasteiger partial charge in [-0.15, -0.1) is 0 Å². The van der Waals surface area contributed by atoms with Crippen LogP contribution in [0.5, 0.6) is 0 Å². The van der Waals surface area contributed by atoms with Crippen LogP contribution < -0.4 is 0 Å². The summed E-state index contributed by atoms with van der Waals surface area (Å²) in [7, 11) is -3.19. The van der Waals surface area contributed by atoms with Crippen molar-refractivity contribution in [2.75, 3.05) is 26.2 Å². The fourth-order valence-electron chi connectivity index (χ4n) is 3.96. The number of sulfonamides is 1. The number of benzene rings is 1. The van der Waals surface area contributed by atoms with Crippen LogP contribution in [0.1, 0.15) is 38.2 Å². The molecule has 2 aliphatic rings. The van der Waals surface area contributed by atoms with E-state index in [-0.39, 0.29) is 5.75 Å². The number of piperazine rings is 1. The Morgan fingerprint density at radius 1 is 1.04 bits per heavy atom. The Labute approximate surface area is 140 Å². The number of rotatable bonds is 4. The highest BCUT2D eigenvalue weighted by atomic mass is 32.2. The largest absolute Gasteiger partial charge is 0.298 e. The lowest BCUT2D eigenvalue weighted by atomic mass is 9.86. The molecule has 0 N–H and O–H groups in total. The Morgan fingerprint density at radius 3 is 2.39 bits per heavy atom. The first-order valence-electron chi connectivity index (χ1n) is 8.80. The van der Waals surface area contributed by atoms with E-state index in [1.165, 1.54) is 25.7 Å². The van der Waals surface area contributed by atoms with Crippen molar-refractivity contribution < 1.29 is 8.42 Å². The lowest BCUT2D eigenvalue weighted by Gasteiger charge is -2.41. The summed E-state index contributed by atoms with van der Waals surface area (Å²) in [6, 6.07) is 10.1. The molecule has 0 radical (unpaired) electrons. The van der Waals surface area contributed by atoms with Gasteiger partial charge in [-0.2, -0.15) is 4.31 Å². The van der Waals surface area contributed by atoms with Crippen LogP contribution >= 0.6 is 0 Å². The van der Waals surface area contributed by atoms with Crippen LogP contribution in [0.4, 0.5) is 0 Å². The van der Waals surface area contributed by atoms with Gasteiger partial charge in [0.05, 0.1) is 5.75 Å². The van der Waals surface area contributed by atoms with Crippen molar-refractivity contribution in [1.29, 1.82) is 0 Å². The summed E-state index contributed by atoms with van der Waals surface area (Å²) in [5.41, 5.74) is 0.871. The molecule has 0 spiro atoms. The van der Waals surface area contributed by atoms with E-state index in [1.807, 2.05) is 30.3 Å². The highest BCUT2D eigenvalue weighted by molar-refractivity contribution is 7.88. The van der Waals surface area contributed by atoms with Crippen molar-refractivity contribution in [3.63, 3.8) is 0 Å². The Morgan fingerprint density at radius 2 is 1.74 bits per heavy atom. The van der Waals surface area contributed by atoms with Crippen molar-refractivity contribution >= 4 is 10.0 Å². The maximum atomic E-state index is 12.6. The van der Waals surface area contributed by atoms with Gasteiger partial charge in [-0.3, -0.25) is 4.90 Å². The van der Waals surface area contributed by atoms with Gasteiger partial charge < -0.3 is 0 Å². The Bertz CT molecular complexity index is 595. The number of hydrogen-bond acceptors (Lipinski definition) is 3. The average molecular weight is 337 g/mol. The minimum Gasteiger partial charge on any atom is -0.298 e. The van der Waals surface area contributed by atoms with E-state index in [4.69, 9.17) is 0 Å². The van der Waals surface area contributed by atoms with Crippen LogP contribution in [0.2, 0.25) is 0 Å². The monoisotopic (exact) mass is 336 g/mol. The molecule has 1 saturated heterocycles. The lowest BCUT2D eigenvalue weighted by Crippen LogP contribution is -2.52. The SMILES string of the molecule is CC1CCCC(N2CCN(S(=O)(=O)Cc3ccccc3)CC2)C1. The fraction of sp³-hybridized carbons (Fsp3) is 0.667. The van der Waals surface area contributed by atoms with E-state index < -0.39 is 10.0 Å². The molecule has 2 unspecified atom stereocenters. The Hall–Kier alpha value is -0.910. The minimum absolute atomic E-state index is 0.119. The van der Waals surface area contributed by atoms with E-state index in [2.05, 4.69) is 11.8 Å². The number of nitrogens with zero attached hydrogens (tertiary/aromatic N) is 2. The smallest absolute Gasteiger partial charge is 0.218 e. The molecule has 0 amide bonds. The predicted octanol–water partition coefficient (Wildman–Crippen LogP) is 2.71. The second-order valence-electron chi connectivity index (χ2n) is 7.10. The van der Waals surface area contributed by atoms with E-state index in [1.54, 1.807) is 4.31 Å². The van der Waals surface area contributed by atoms with E-state index in [0.29, 0.717) is 19.1 Å². The third kappa shape index (κ3) is 4.34. The quantitative estimate of drug-likeness (QED) is 0.849.